The summed E-state index contributed by atoms with van der Waals surface area (Å²) in [5, 5.41) is 5.95. The number of amides is 2. The van der Waals surface area contributed by atoms with Crippen LogP contribution >= 0.6 is 11.3 Å². The molecule has 0 spiro atoms. The first kappa shape index (κ1) is 20.3. The Morgan fingerprint density at radius 1 is 1.23 bits per heavy atom. The van der Waals surface area contributed by atoms with Crippen LogP contribution in [0.3, 0.4) is 0 Å². The van der Waals surface area contributed by atoms with E-state index in [1.165, 1.54) is 16.6 Å². The lowest BCUT2D eigenvalue weighted by molar-refractivity contribution is -0.139. The summed E-state index contributed by atoms with van der Waals surface area (Å²) in [7, 11) is 3.40. The molecule has 5 rings (SSSR count). The number of piperidine rings is 1. The van der Waals surface area contributed by atoms with Gasteiger partial charge in [0.05, 0.1) is 12.5 Å². The third-order valence-electron chi connectivity index (χ3n) is 6.81. The predicted octanol–water partition coefficient (Wildman–Crippen LogP) is 2.95. The van der Waals surface area contributed by atoms with Crippen LogP contribution in [0.25, 0.3) is 10.9 Å². The van der Waals surface area contributed by atoms with Crippen molar-refractivity contribution in [3.8, 4) is 0 Å². The van der Waals surface area contributed by atoms with Gasteiger partial charge in [-0.25, -0.2) is 0 Å². The molecule has 1 saturated heterocycles. The first-order valence-corrected chi connectivity index (χ1v) is 11.6. The van der Waals surface area contributed by atoms with Crippen LogP contribution in [-0.4, -0.2) is 54.1 Å². The predicted molar refractivity (Wildman–Crippen MR) is 121 cm³/mol. The quantitative estimate of drug-likeness (QED) is 0.668. The molecule has 3 heterocycles. The van der Waals surface area contributed by atoms with Gasteiger partial charge in [-0.3, -0.25) is 9.59 Å². The highest BCUT2D eigenvalue weighted by atomic mass is 32.1. The van der Waals surface area contributed by atoms with Gasteiger partial charge in [-0.05, 0) is 35.9 Å². The highest BCUT2D eigenvalue weighted by Crippen LogP contribution is 2.45. The van der Waals surface area contributed by atoms with E-state index in [9.17, 15) is 9.59 Å². The van der Waals surface area contributed by atoms with Crippen LogP contribution in [0, 0.1) is 0 Å². The number of nitrogens with one attached hydrogen (secondary N) is 1. The van der Waals surface area contributed by atoms with Crippen LogP contribution in [0.5, 0.6) is 0 Å². The Kier molecular flexibility index (Phi) is 5.32. The third kappa shape index (κ3) is 3.46. The highest BCUT2D eigenvalue weighted by Gasteiger charge is 2.45. The van der Waals surface area contributed by atoms with Crippen LogP contribution in [0.4, 0.5) is 0 Å². The van der Waals surface area contributed by atoms with Gasteiger partial charge in [0.2, 0.25) is 11.8 Å². The van der Waals surface area contributed by atoms with E-state index in [-0.39, 0.29) is 29.9 Å². The topological polar surface area (TPSA) is 63.6 Å². The summed E-state index contributed by atoms with van der Waals surface area (Å²) in [6.07, 6.45) is 2.04. The summed E-state index contributed by atoms with van der Waals surface area (Å²) in [5.41, 5.74) is 3.55. The SMILES string of the molecule is CNC(=O)Cn1c2c(c3ccccc31)C[C@H]1C[C@@H]2[C@@H](OC)CN1C(=O)Cc1cccs1. The van der Waals surface area contributed by atoms with Gasteiger partial charge >= 0.3 is 0 Å². The molecule has 1 aliphatic carbocycles. The number of likely N-dealkylation sites (tertiary alicyclic amines) is 1. The van der Waals surface area contributed by atoms with E-state index < -0.39 is 0 Å². The summed E-state index contributed by atoms with van der Waals surface area (Å²) in [5.74, 6) is 0.329. The van der Waals surface area contributed by atoms with E-state index in [1.807, 2.05) is 34.5 Å². The zero-order valence-corrected chi connectivity index (χ0v) is 18.7. The van der Waals surface area contributed by atoms with Crippen LogP contribution < -0.4 is 5.32 Å². The van der Waals surface area contributed by atoms with Crippen molar-refractivity contribution >= 4 is 34.1 Å². The fraction of sp³-hybridized carbons (Fsp3) is 0.417. The number of benzene rings is 1. The summed E-state index contributed by atoms with van der Waals surface area (Å²) >= 11 is 1.63. The second kappa shape index (κ2) is 8.13. The zero-order valence-electron chi connectivity index (χ0n) is 17.8. The summed E-state index contributed by atoms with van der Waals surface area (Å²) < 4.78 is 8.09. The average molecular weight is 438 g/mol. The van der Waals surface area contributed by atoms with Crippen molar-refractivity contribution in [1.82, 2.24) is 14.8 Å². The minimum atomic E-state index is -0.0877. The van der Waals surface area contributed by atoms with Gasteiger partial charge in [-0.2, -0.15) is 0 Å². The van der Waals surface area contributed by atoms with Gasteiger partial charge in [0, 0.05) is 54.1 Å². The molecule has 3 atom stereocenters. The number of rotatable bonds is 5. The number of para-hydroxylation sites is 1. The first-order chi connectivity index (χ1) is 15.1. The molecule has 1 N–H and O–H groups in total. The lowest BCUT2D eigenvalue weighted by atomic mass is 9.76. The molecule has 1 fully saturated rings. The van der Waals surface area contributed by atoms with Gasteiger partial charge in [0.25, 0.3) is 0 Å². The molecule has 2 amide bonds. The maximum atomic E-state index is 13.2. The second-order valence-electron chi connectivity index (χ2n) is 8.42. The molecule has 3 aromatic rings. The second-order valence-corrected chi connectivity index (χ2v) is 9.45. The number of fused-ring (bicyclic) bond motifs is 6. The number of nitrogens with zero attached hydrogens (tertiary/aromatic N) is 2. The Morgan fingerprint density at radius 2 is 2.06 bits per heavy atom. The Bertz CT molecular complexity index is 1120. The summed E-state index contributed by atoms with van der Waals surface area (Å²) in [6.45, 7) is 0.891. The van der Waals surface area contributed by atoms with Gasteiger partial charge < -0.3 is 19.5 Å². The number of carbonyl (C=O) groups excluding carboxylic acids is 2. The number of hydrogen-bond acceptors (Lipinski definition) is 4. The van der Waals surface area contributed by atoms with Crippen molar-refractivity contribution < 1.29 is 14.3 Å². The zero-order chi connectivity index (χ0) is 21.5. The van der Waals surface area contributed by atoms with Crippen molar-refractivity contribution in [2.75, 3.05) is 20.7 Å². The van der Waals surface area contributed by atoms with Crippen LogP contribution in [0.2, 0.25) is 0 Å². The Balaban J connectivity index is 1.55. The van der Waals surface area contributed by atoms with E-state index >= 15 is 0 Å². The molecule has 162 valence electrons. The fourth-order valence-corrected chi connectivity index (χ4v) is 6.09. The van der Waals surface area contributed by atoms with Gasteiger partial charge in [-0.15, -0.1) is 11.3 Å². The van der Waals surface area contributed by atoms with E-state index in [1.54, 1.807) is 25.5 Å². The van der Waals surface area contributed by atoms with Crippen LogP contribution in [0.15, 0.2) is 41.8 Å². The first-order valence-electron chi connectivity index (χ1n) is 10.8. The molecule has 1 aromatic carbocycles. The molecule has 6 nitrogen and oxygen atoms in total. The van der Waals surface area contributed by atoms with Crippen molar-refractivity contribution in [3.05, 3.63) is 57.9 Å². The number of likely N-dealkylation sites (N-methyl/N-ethyl adjacent to an activating group) is 1. The lowest BCUT2D eigenvalue weighted by Gasteiger charge is -2.47. The van der Waals surface area contributed by atoms with Gasteiger partial charge in [0.15, 0.2) is 0 Å². The number of methoxy groups -OCH3 is 1. The van der Waals surface area contributed by atoms with Crippen LogP contribution in [-0.2, 0) is 33.7 Å². The van der Waals surface area contributed by atoms with E-state index in [0.717, 1.165) is 23.2 Å². The number of carbonyl (C=O) groups is 2. The molecule has 1 aliphatic heterocycles. The fourth-order valence-electron chi connectivity index (χ4n) is 5.39. The molecule has 0 radical (unpaired) electrons. The van der Waals surface area contributed by atoms with Crippen molar-refractivity contribution in [2.24, 2.45) is 0 Å². The summed E-state index contributed by atoms with van der Waals surface area (Å²) in [6, 6.07) is 12.5. The average Bonchev–Trinajstić information content (AvgIpc) is 3.40. The molecule has 7 heteroatoms. The van der Waals surface area contributed by atoms with Gasteiger partial charge in [-0.1, -0.05) is 24.3 Å². The molecular weight excluding hydrogens is 410 g/mol. The van der Waals surface area contributed by atoms with Crippen molar-refractivity contribution in [1.29, 1.82) is 0 Å². The minimum Gasteiger partial charge on any atom is -0.379 e. The largest absolute Gasteiger partial charge is 0.379 e. The Hall–Kier alpha value is -2.64. The number of ether oxygens (including phenoxy) is 1. The smallest absolute Gasteiger partial charge is 0.239 e. The maximum Gasteiger partial charge on any atom is 0.239 e. The molecular formula is C24H27N3O3S. The lowest BCUT2D eigenvalue weighted by Crippen LogP contribution is -2.55. The Morgan fingerprint density at radius 3 is 2.81 bits per heavy atom. The molecule has 2 bridgehead atoms. The van der Waals surface area contributed by atoms with Crippen molar-refractivity contribution in [3.63, 3.8) is 0 Å². The molecule has 0 unspecified atom stereocenters. The summed E-state index contributed by atoms with van der Waals surface area (Å²) in [4.78, 5) is 28.7. The molecule has 0 saturated carbocycles. The van der Waals surface area contributed by atoms with Crippen LogP contribution in [0.1, 0.15) is 28.5 Å². The monoisotopic (exact) mass is 437 g/mol. The standard InChI is InChI=1S/C24H27N3O3S/c1-25-22(28)14-27-20-8-4-3-7-17(20)18-10-15-11-19(24(18)27)21(30-2)13-26(15)23(29)12-16-6-5-9-31-16/h3-9,15,19,21H,10-14H2,1-2H3,(H,25,28)/t15-,19+,21-/m0/s1. The van der Waals surface area contributed by atoms with E-state index in [0.29, 0.717) is 19.5 Å². The van der Waals surface area contributed by atoms with E-state index in [4.69, 9.17) is 4.74 Å². The molecule has 31 heavy (non-hydrogen) atoms. The third-order valence-corrected chi connectivity index (χ3v) is 7.69. The highest BCUT2D eigenvalue weighted by molar-refractivity contribution is 7.10. The Labute approximate surface area is 185 Å². The molecule has 2 aliphatic rings. The number of thiophene rings is 1. The minimum absolute atomic E-state index is 0.0109. The normalized spacial score (nSPS) is 22.4. The number of aromatic nitrogens is 1. The maximum absolute atomic E-state index is 13.2. The molecule has 2 aromatic heterocycles. The van der Waals surface area contributed by atoms with Gasteiger partial charge in [0.1, 0.15) is 6.54 Å². The van der Waals surface area contributed by atoms with Crippen molar-refractivity contribution in [2.45, 2.75) is 43.9 Å². The number of hydrogen-bond donors (Lipinski definition) is 1. The van der Waals surface area contributed by atoms with E-state index in [2.05, 4.69) is 22.0 Å².